The lowest BCUT2D eigenvalue weighted by Gasteiger charge is -2.34. The molecule has 1 aliphatic rings. The highest BCUT2D eigenvalue weighted by Crippen LogP contribution is 2.21. The van der Waals surface area contributed by atoms with Gasteiger partial charge in [-0.1, -0.05) is 29.8 Å². The molecular formula is C20H20ClN3O3. The van der Waals surface area contributed by atoms with Gasteiger partial charge in [0.05, 0.1) is 10.7 Å². The number of halogens is 1. The maximum absolute atomic E-state index is 12.7. The van der Waals surface area contributed by atoms with E-state index in [0.29, 0.717) is 48.0 Å². The molecule has 1 saturated heterocycles. The first kappa shape index (κ1) is 18.9. The van der Waals surface area contributed by atoms with Gasteiger partial charge in [0.25, 0.3) is 11.8 Å². The number of benzene rings is 2. The van der Waals surface area contributed by atoms with Crippen molar-refractivity contribution in [3.05, 3.63) is 64.7 Å². The fourth-order valence-electron chi connectivity index (χ4n) is 2.96. The van der Waals surface area contributed by atoms with E-state index in [1.807, 2.05) is 0 Å². The van der Waals surface area contributed by atoms with Gasteiger partial charge in [-0.15, -0.1) is 0 Å². The van der Waals surface area contributed by atoms with E-state index in [1.54, 1.807) is 58.3 Å². The quantitative estimate of drug-likeness (QED) is 0.883. The van der Waals surface area contributed by atoms with Gasteiger partial charge >= 0.3 is 0 Å². The van der Waals surface area contributed by atoms with Crippen molar-refractivity contribution >= 4 is 35.0 Å². The van der Waals surface area contributed by atoms with Crippen LogP contribution in [-0.4, -0.2) is 53.7 Å². The van der Waals surface area contributed by atoms with Gasteiger partial charge < -0.3 is 15.1 Å². The van der Waals surface area contributed by atoms with Gasteiger partial charge in [0.2, 0.25) is 5.91 Å². The third kappa shape index (κ3) is 4.46. The van der Waals surface area contributed by atoms with Crippen LogP contribution in [0.1, 0.15) is 27.6 Å². The molecule has 0 saturated carbocycles. The predicted octanol–water partition coefficient (Wildman–Crippen LogP) is 2.90. The van der Waals surface area contributed by atoms with E-state index in [1.165, 1.54) is 6.92 Å². The molecule has 3 amide bonds. The van der Waals surface area contributed by atoms with E-state index in [9.17, 15) is 14.4 Å². The first-order valence-corrected chi connectivity index (χ1v) is 9.04. The summed E-state index contributed by atoms with van der Waals surface area (Å²) in [5.74, 6) is -0.468. The predicted molar refractivity (Wildman–Crippen MR) is 104 cm³/mol. The highest BCUT2D eigenvalue weighted by Gasteiger charge is 2.23. The standard InChI is InChI=1S/C20H20ClN3O3/c1-14(25)23-9-11-24(12-10-23)20(27)16-6-4-5-15(13-16)19(26)22-18-8-3-2-7-17(18)21/h2-8,13H,9-12H2,1H3,(H,22,26). The molecular weight excluding hydrogens is 366 g/mol. The topological polar surface area (TPSA) is 69.7 Å². The van der Waals surface area contributed by atoms with E-state index in [0.717, 1.165) is 0 Å². The van der Waals surface area contributed by atoms with Crippen molar-refractivity contribution in [3.8, 4) is 0 Å². The number of carbonyl (C=O) groups excluding carboxylic acids is 3. The Hall–Kier alpha value is -2.86. The molecule has 1 fully saturated rings. The summed E-state index contributed by atoms with van der Waals surface area (Å²) < 4.78 is 0. The minimum atomic E-state index is -0.334. The summed E-state index contributed by atoms with van der Waals surface area (Å²) in [6.45, 7) is 3.53. The molecule has 0 aliphatic carbocycles. The number of rotatable bonds is 3. The second-order valence-electron chi connectivity index (χ2n) is 6.31. The zero-order valence-corrected chi connectivity index (χ0v) is 15.7. The summed E-state index contributed by atoms with van der Waals surface area (Å²) in [6, 6.07) is 13.6. The lowest BCUT2D eigenvalue weighted by Crippen LogP contribution is -2.50. The Balaban J connectivity index is 1.70. The number of anilines is 1. The molecule has 3 rings (SSSR count). The number of hydrogen-bond donors (Lipinski definition) is 1. The van der Waals surface area contributed by atoms with Crippen LogP contribution >= 0.6 is 11.6 Å². The molecule has 1 N–H and O–H groups in total. The number of carbonyl (C=O) groups is 3. The molecule has 0 atom stereocenters. The molecule has 27 heavy (non-hydrogen) atoms. The molecule has 0 bridgehead atoms. The van der Waals surface area contributed by atoms with Crippen molar-refractivity contribution in [1.82, 2.24) is 9.80 Å². The third-order valence-corrected chi connectivity index (χ3v) is 4.84. The van der Waals surface area contributed by atoms with Gasteiger partial charge in [0, 0.05) is 44.2 Å². The Kier molecular flexibility index (Phi) is 5.76. The zero-order chi connectivity index (χ0) is 19.4. The second-order valence-corrected chi connectivity index (χ2v) is 6.72. The van der Waals surface area contributed by atoms with Crippen LogP contribution in [0.4, 0.5) is 5.69 Å². The minimum absolute atomic E-state index is 0.0142. The summed E-state index contributed by atoms with van der Waals surface area (Å²) in [5, 5.41) is 3.20. The van der Waals surface area contributed by atoms with Crippen molar-refractivity contribution in [3.63, 3.8) is 0 Å². The Bertz CT molecular complexity index is 876. The highest BCUT2D eigenvalue weighted by atomic mass is 35.5. The maximum atomic E-state index is 12.7. The van der Waals surface area contributed by atoms with Crippen molar-refractivity contribution in [1.29, 1.82) is 0 Å². The largest absolute Gasteiger partial charge is 0.339 e. The highest BCUT2D eigenvalue weighted by molar-refractivity contribution is 6.33. The molecule has 0 unspecified atom stereocenters. The molecule has 2 aromatic carbocycles. The molecule has 0 radical (unpaired) electrons. The van der Waals surface area contributed by atoms with Crippen LogP contribution in [0.2, 0.25) is 5.02 Å². The minimum Gasteiger partial charge on any atom is -0.339 e. The third-order valence-electron chi connectivity index (χ3n) is 4.51. The number of piperazine rings is 1. The van der Waals surface area contributed by atoms with Crippen molar-refractivity contribution in [2.24, 2.45) is 0 Å². The van der Waals surface area contributed by atoms with Gasteiger partial charge in [-0.05, 0) is 30.3 Å². The summed E-state index contributed by atoms with van der Waals surface area (Å²) >= 11 is 6.07. The molecule has 2 aromatic rings. The Morgan fingerprint density at radius 2 is 1.52 bits per heavy atom. The lowest BCUT2D eigenvalue weighted by atomic mass is 10.1. The van der Waals surface area contributed by atoms with Crippen molar-refractivity contribution < 1.29 is 14.4 Å². The SMILES string of the molecule is CC(=O)N1CCN(C(=O)c2cccc(C(=O)Nc3ccccc3Cl)c2)CC1. The van der Waals surface area contributed by atoms with Crippen molar-refractivity contribution in [2.45, 2.75) is 6.92 Å². The van der Waals surface area contributed by atoms with Crippen LogP contribution < -0.4 is 5.32 Å². The van der Waals surface area contributed by atoms with E-state index >= 15 is 0 Å². The summed E-state index contributed by atoms with van der Waals surface area (Å²) in [4.78, 5) is 40.1. The molecule has 0 aromatic heterocycles. The first-order chi connectivity index (χ1) is 13.0. The fraction of sp³-hybridized carbons (Fsp3) is 0.250. The molecule has 140 valence electrons. The molecule has 1 aliphatic heterocycles. The molecule has 1 heterocycles. The van der Waals surface area contributed by atoms with E-state index in [-0.39, 0.29) is 17.7 Å². The summed E-state index contributed by atoms with van der Waals surface area (Å²) in [6.07, 6.45) is 0. The van der Waals surface area contributed by atoms with Crippen LogP contribution in [0.25, 0.3) is 0 Å². The number of hydrogen-bond acceptors (Lipinski definition) is 3. The Morgan fingerprint density at radius 3 is 2.19 bits per heavy atom. The van der Waals surface area contributed by atoms with Gasteiger partial charge in [-0.25, -0.2) is 0 Å². The maximum Gasteiger partial charge on any atom is 0.255 e. The van der Waals surface area contributed by atoms with Crippen molar-refractivity contribution in [2.75, 3.05) is 31.5 Å². The van der Waals surface area contributed by atoms with Crippen LogP contribution in [0.5, 0.6) is 0 Å². The fourth-order valence-corrected chi connectivity index (χ4v) is 3.14. The normalized spacial score (nSPS) is 14.0. The average molecular weight is 386 g/mol. The van der Waals surface area contributed by atoms with E-state index < -0.39 is 0 Å². The Labute approximate surface area is 162 Å². The second kappa shape index (κ2) is 8.22. The number of para-hydroxylation sites is 1. The molecule has 6 nitrogen and oxygen atoms in total. The van der Waals surface area contributed by atoms with Gasteiger partial charge in [0.1, 0.15) is 0 Å². The van der Waals surface area contributed by atoms with Gasteiger partial charge in [0.15, 0.2) is 0 Å². The number of nitrogens with zero attached hydrogens (tertiary/aromatic N) is 2. The van der Waals surface area contributed by atoms with E-state index in [4.69, 9.17) is 11.6 Å². The van der Waals surface area contributed by atoms with Crippen LogP contribution in [0.3, 0.4) is 0 Å². The first-order valence-electron chi connectivity index (χ1n) is 8.66. The zero-order valence-electron chi connectivity index (χ0n) is 14.9. The summed E-state index contributed by atoms with van der Waals surface area (Å²) in [7, 11) is 0. The smallest absolute Gasteiger partial charge is 0.255 e. The van der Waals surface area contributed by atoms with Crippen LogP contribution in [0.15, 0.2) is 48.5 Å². The average Bonchev–Trinajstić information content (AvgIpc) is 2.69. The lowest BCUT2D eigenvalue weighted by molar-refractivity contribution is -0.130. The van der Waals surface area contributed by atoms with E-state index in [2.05, 4.69) is 5.32 Å². The number of amides is 3. The van der Waals surface area contributed by atoms with Gasteiger partial charge in [-0.2, -0.15) is 0 Å². The van der Waals surface area contributed by atoms with Gasteiger partial charge in [-0.3, -0.25) is 14.4 Å². The molecule has 7 heteroatoms. The monoisotopic (exact) mass is 385 g/mol. The number of nitrogens with one attached hydrogen (secondary N) is 1. The van der Waals surface area contributed by atoms with Crippen LogP contribution in [0, 0.1) is 0 Å². The summed E-state index contributed by atoms with van der Waals surface area (Å²) in [5.41, 5.74) is 1.34. The Morgan fingerprint density at radius 1 is 0.889 bits per heavy atom. The molecule has 0 spiro atoms. The van der Waals surface area contributed by atoms with Crippen LogP contribution in [-0.2, 0) is 4.79 Å².